The van der Waals surface area contributed by atoms with Crippen LogP contribution in [-0.4, -0.2) is 26.0 Å². The van der Waals surface area contributed by atoms with Gasteiger partial charge in [-0.3, -0.25) is 4.98 Å². The third-order valence-electron chi connectivity index (χ3n) is 4.78. The van der Waals surface area contributed by atoms with Crippen molar-refractivity contribution in [2.75, 3.05) is 5.32 Å². The lowest BCUT2D eigenvalue weighted by Gasteiger charge is -2.12. The average Bonchev–Trinajstić information content (AvgIpc) is 3.09. The van der Waals surface area contributed by atoms with Gasteiger partial charge >= 0.3 is 6.18 Å². The number of aromatic amines is 1. The first-order chi connectivity index (χ1) is 13.4. The lowest BCUT2D eigenvalue weighted by atomic mass is 10.0. The minimum absolute atomic E-state index is 0.219. The Morgan fingerprint density at radius 2 is 1.96 bits per heavy atom. The molecule has 0 bridgehead atoms. The van der Waals surface area contributed by atoms with Crippen LogP contribution in [0.3, 0.4) is 0 Å². The molecule has 0 spiro atoms. The fourth-order valence-electron chi connectivity index (χ4n) is 3.07. The number of nitrogens with one attached hydrogen (secondary N) is 2. The van der Waals surface area contributed by atoms with E-state index in [0.29, 0.717) is 22.4 Å². The Morgan fingerprint density at radius 3 is 2.71 bits per heavy atom. The number of hydrogen-bond acceptors (Lipinski definition) is 4. The SMILES string of the molecule is CCC(C)Nc1ncc2cncc(-c3c[nH]c4cc(C(F)(F)F)ccc34)c2n1. The van der Waals surface area contributed by atoms with Gasteiger partial charge in [0.1, 0.15) is 0 Å². The molecule has 8 heteroatoms. The molecule has 0 aliphatic carbocycles. The van der Waals surface area contributed by atoms with E-state index >= 15 is 0 Å². The van der Waals surface area contributed by atoms with E-state index in [0.717, 1.165) is 35.1 Å². The molecule has 3 heterocycles. The fraction of sp³-hybridized carbons (Fsp3) is 0.250. The Bertz CT molecular complexity index is 1150. The van der Waals surface area contributed by atoms with Crippen LogP contribution in [0.15, 0.2) is 43.0 Å². The molecule has 28 heavy (non-hydrogen) atoms. The number of nitrogens with zero attached hydrogens (tertiary/aromatic N) is 3. The number of aromatic nitrogens is 4. The second-order valence-corrected chi connectivity index (χ2v) is 6.73. The highest BCUT2D eigenvalue weighted by Crippen LogP contribution is 2.36. The van der Waals surface area contributed by atoms with Crippen LogP contribution in [-0.2, 0) is 6.18 Å². The summed E-state index contributed by atoms with van der Waals surface area (Å²) in [4.78, 5) is 16.1. The summed E-state index contributed by atoms with van der Waals surface area (Å²) in [6.07, 6.45) is 3.26. The van der Waals surface area contributed by atoms with Gasteiger partial charge in [-0.1, -0.05) is 13.0 Å². The highest BCUT2D eigenvalue weighted by Gasteiger charge is 2.30. The predicted octanol–water partition coefficient (Wildman–Crippen LogP) is 5.40. The zero-order chi connectivity index (χ0) is 19.9. The maximum absolute atomic E-state index is 13.0. The number of alkyl halides is 3. The molecule has 0 aliphatic heterocycles. The second-order valence-electron chi connectivity index (χ2n) is 6.73. The molecule has 4 rings (SSSR count). The summed E-state index contributed by atoms with van der Waals surface area (Å²) in [5.41, 5.74) is 1.89. The van der Waals surface area contributed by atoms with Crippen LogP contribution in [0.5, 0.6) is 0 Å². The molecule has 0 saturated heterocycles. The lowest BCUT2D eigenvalue weighted by molar-refractivity contribution is -0.137. The number of pyridine rings is 1. The van der Waals surface area contributed by atoms with Crippen molar-refractivity contribution in [2.45, 2.75) is 32.5 Å². The number of halogens is 3. The van der Waals surface area contributed by atoms with Gasteiger partial charge in [0.25, 0.3) is 0 Å². The highest BCUT2D eigenvalue weighted by molar-refractivity contribution is 6.03. The Hall–Kier alpha value is -3.16. The molecule has 3 aromatic heterocycles. The Balaban J connectivity index is 1.85. The van der Waals surface area contributed by atoms with Crippen molar-refractivity contribution in [1.29, 1.82) is 0 Å². The third-order valence-corrected chi connectivity index (χ3v) is 4.78. The van der Waals surface area contributed by atoms with Crippen molar-refractivity contribution in [3.8, 4) is 11.1 Å². The molecule has 0 radical (unpaired) electrons. The van der Waals surface area contributed by atoms with Gasteiger partial charge in [-0.25, -0.2) is 9.97 Å². The molecule has 144 valence electrons. The Morgan fingerprint density at radius 1 is 1.14 bits per heavy atom. The standard InChI is InChI=1S/C20H18F3N5/c1-3-11(2)27-19-26-8-12-7-24-9-16(18(12)28-19)15-10-25-17-6-13(20(21,22)23)4-5-14(15)17/h4-11,25H,3H2,1-2H3,(H,26,27,28). The Labute approximate surface area is 159 Å². The average molecular weight is 385 g/mol. The van der Waals surface area contributed by atoms with E-state index in [1.54, 1.807) is 24.8 Å². The quantitative estimate of drug-likeness (QED) is 0.493. The molecule has 1 atom stereocenters. The molecule has 1 unspecified atom stereocenters. The van der Waals surface area contributed by atoms with E-state index < -0.39 is 11.7 Å². The van der Waals surface area contributed by atoms with Gasteiger partial charge < -0.3 is 10.3 Å². The molecule has 0 aliphatic rings. The lowest BCUT2D eigenvalue weighted by Crippen LogP contribution is -2.15. The van der Waals surface area contributed by atoms with Gasteiger partial charge in [0.15, 0.2) is 0 Å². The van der Waals surface area contributed by atoms with E-state index in [1.807, 2.05) is 6.92 Å². The molecular formula is C20H18F3N5. The fourth-order valence-corrected chi connectivity index (χ4v) is 3.07. The molecule has 4 aromatic rings. The summed E-state index contributed by atoms with van der Waals surface area (Å²) >= 11 is 0. The zero-order valence-electron chi connectivity index (χ0n) is 15.3. The monoisotopic (exact) mass is 385 g/mol. The van der Waals surface area contributed by atoms with Crippen LogP contribution in [0, 0.1) is 0 Å². The first-order valence-electron chi connectivity index (χ1n) is 8.93. The molecule has 1 aromatic carbocycles. The number of fused-ring (bicyclic) bond motifs is 2. The van der Waals surface area contributed by atoms with E-state index in [-0.39, 0.29) is 6.04 Å². The summed E-state index contributed by atoms with van der Waals surface area (Å²) in [5, 5.41) is 4.68. The van der Waals surface area contributed by atoms with Crippen LogP contribution in [0.2, 0.25) is 0 Å². The van der Waals surface area contributed by atoms with E-state index in [1.165, 1.54) is 6.07 Å². The molecular weight excluding hydrogens is 367 g/mol. The van der Waals surface area contributed by atoms with Gasteiger partial charge in [-0.15, -0.1) is 0 Å². The van der Waals surface area contributed by atoms with Gasteiger partial charge in [0.2, 0.25) is 5.95 Å². The van der Waals surface area contributed by atoms with Crippen LogP contribution >= 0.6 is 0 Å². The minimum atomic E-state index is -4.38. The molecule has 5 nitrogen and oxygen atoms in total. The molecule has 0 fully saturated rings. The highest BCUT2D eigenvalue weighted by atomic mass is 19.4. The zero-order valence-corrected chi connectivity index (χ0v) is 15.3. The number of benzene rings is 1. The van der Waals surface area contributed by atoms with Crippen molar-refractivity contribution < 1.29 is 13.2 Å². The van der Waals surface area contributed by atoms with Crippen LogP contribution in [0.4, 0.5) is 19.1 Å². The van der Waals surface area contributed by atoms with E-state index in [4.69, 9.17) is 0 Å². The maximum Gasteiger partial charge on any atom is 0.416 e. The summed E-state index contributed by atoms with van der Waals surface area (Å²) in [6, 6.07) is 3.89. The van der Waals surface area contributed by atoms with Crippen LogP contribution < -0.4 is 5.32 Å². The number of hydrogen-bond donors (Lipinski definition) is 2. The van der Waals surface area contributed by atoms with Crippen molar-refractivity contribution in [2.24, 2.45) is 0 Å². The first-order valence-corrected chi connectivity index (χ1v) is 8.93. The van der Waals surface area contributed by atoms with Crippen molar-refractivity contribution >= 4 is 27.8 Å². The second kappa shape index (κ2) is 6.78. The van der Waals surface area contributed by atoms with Gasteiger partial charge in [-0.05, 0) is 25.5 Å². The number of anilines is 1. The van der Waals surface area contributed by atoms with E-state index in [9.17, 15) is 13.2 Å². The Kier molecular flexibility index (Phi) is 4.41. The van der Waals surface area contributed by atoms with Gasteiger partial charge in [0.05, 0.1) is 11.1 Å². The minimum Gasteiger partial charge on any atom is -0.361 e. The normalized spacial score (nSPS) is 13.2. The number of rotatable bonds is 4. The van der Waals surface area contributed by atoms with Crippen LogP contribution in [0.25, 0.3) is 32.9 Å². The summed E-state index contributed by atoms with van der Waals surface area (Å²) in [7, 11) is 0. The topological polar surface area (TPSA) is 66.5 Å². The molecule has 2 N–H and O–H groups in total. The van der Waals surface area contributed by atoms with Crippen molar-refractivity contribution in [3.63, 3.8) is 0 Å². The van der Waals surface area contributed by atoms with Crippen LogP contribution in [0.1, 0.15) is 25.8 Å². The predicted molar refractivity (Wildman–Crippen MR) is 103 cm³/mol. The third kappa shape index (κ3) is 3.26. The first kappa shape index (κ1) is 18.2. The number of H-pyrrole nitrogens is 1. The molecule has 0 saturated carbocycles. The summed E-state index contributed by atoms with van der Waals surface area (Å²) < 4.78 is 39.0. The maximum atomic E-state index is 13.0. The smallest absolute Gasteiger partial charge is 0.361 e. The van der Waals surface area contributed by atoms with Gasteiger partial charge in [-0.2, -0.15) is 13.2 Å². The largest absolute Gasteiger partial charge is 0.416 e. The molecule has 0 amide bonds. The summed E-state index contributed by atoms with van der Waals surface area (Å²) in [5.74, 6) is 0.508. The summed E-state index contributed by atoms with van der Waals surface area (Å²) in [6.45, 7) is 4.11. The van der Waals surface area contributed by atoms with Crippen molar-refractivity contribution in [1.82, 2.24) is 19.9 Å². The van der Waals surface area contributed by atoms with Crippen molar-refractivity contribution in [3.05, 3.63) is 48.5 Å². The van der Waals surface area contributed by atoms with E-state index in [2.05, 4.69) is 32.2 Å². The van der Waals surface area contributed by atoms with Gasteiger partial charge in [0, 0.05) is 58.2 Å².